The van der Waals surface area contributed by atoms with Crippen LogP contribution < -0.4 is 16.2 Å². The SMILES string of the molecule is CC[C@H](C)NC(=O)CSc1nc2c(sc3ccccc32)c(=O)n1CCCC(=O)NC1CCCCC1. The Morgan fingerprint density at radius 2 is 1.97 bits per heavy atom. The molecule has 0 radical (unpaired) electrons. The van der Waals surface area contributed by atoms with Crippen molar-refractivity contribution < 1.29 is 9.59 Å². The van der Waals surface area contributed by atoms with Crippen molar-refractivity contribution in [1.82, 2.24) is 20.2 Å². The van der Waals surface area contributed by atoms with Gasteiger partial charge in [0.2, 0.25) is 11.8 Å². The van der Waals surface area contributed by atoms with Crippen molar-refractivity contribution in [2.45, 2.75) is 89.0 Å². The molecule has 188 valence electrons. The minimum absolute atomic E-state index is 0.0444. The number of carbonyl (C=O) groups is 2. The molecule has 1 aliphatic carbocycles. The molecule has 0 aliphatic heterocycles. The molecule has 35 heavy (non-hydrogen) atoms. The normalized spacial score (nSPS) is 15.4. The van der Waals surface area contributed by atoms with Crippen molar-refractivity contribution in [3.05, 3.63) is 34.6 Å². The lowest BCUT2D eigenvalue weighted by molar-refractivity contribution is -0.122. The minimum Gasteiger partial charge on any atom is -0.353 e. The summed E-state index contributed by atoms with van der Waals surface area (Å²) in [6, 6.07) is 8.25. The lowest BCUT2D eigenvalue weighted by Crippen LogP contribution is -2.36. The number of hydrogen-bond acceptors (Lipinski definition) is 6. The third-order valence-electron chi connectivity index (χ3n) is 6.55. The van der Waals surface area contributed by atoms with E-state index in [9.17, 15) is 14.4 Å². The topological polar surface area (TPSA) is 93.1 Å². The molecule has 1 aliphatic rings. The highest BCUT2D eigenvalue weighted by atomic mass is 32.2. The molecule has 0 spiro atoms. The standard InChI is InChI=1S/C26H34N4O3S2/c1-3-17(2)27-22(32)16-34-26-29-23-19-12-7-8-13-20(19)35-24(23)25(33)30(26)15-9-14-21(31)28-18-10-5-4-6-11-18/h7-8,12-13,17-18H,3-6,9-11,14-16H2,1-2H3,(H,27,32)(H,28,31)/t17-/m0/s1. The summed E-state index contributed by atoms with van der Waals surface area (Å²) in [5, 5.41) is 7.59. The molecule has 0 saturated heterocycles. The highest BCUT2D eigenvalue weighted by molar-refractivity contribution is 7.99. The number of rotatable bonds is 10. The zero-order chi connectivity index (χ0) is 24.8. The number of benzene rings is 1. The second-order valence-corrected chi connectivity index (χ2v) is 11.3. The van der Waals surface area contributed by atoms with Gasteiger partial charge in [-0.25, -0.2) is 4.98 Å². The molecule has 0 bridgehead atoms. The Labute approximate surface area is 214 Å². The van der Waals surface area contributed by atoms with Crippen LogP contribution in [0.5, 0.6) is 0 Å². The smallest absolute Gasteiger partial charge is 0.272 e. The van der Waals surface area contributed by atoms with E-state index in [1.54, 1.807) is 4.57 Å². The number of aromatic nitrogens is 2. The van der Waals surface area contributed by atoms with Crippen LogP contribution in [0.4, 0.5) is 0 Å². The number of fused-ring (bicyclic) bond motifs is 3. The highest BCUT2D eigenvalue weighted by Gasteiger charge is 2.19. The predicted molar refractivity (Wildman–Crippen MR) is 144 cm³/mol. The fourth-order valence-corrected chi connectivity index (χ4v) is 6.37. The van der Waals surface area contributed by atoms with Crippen LogP contribution in [0.3, 0.4) is 0 Å². The molecule has 9 heteroatoms. The number of nitrogens with zero attached hydrogens (tertiary/aromatic N) is 2. The highest BCUT2D eigenvalue weighted by Crippen LogP contribution is 2.31. The van der Waals surface area contributed by atoms with Crippen LogP contribution in [0.2, 0.25) is 0 Å². The van der Waals surface area contributed by atoms with Gasteiger partial charge in [0.25, 0.3) is 5.56 Å². The monoisotopic (exact) mass is 514 g/mol. The number of thioether (sulfide) groups is 1. The van der Waals surface area contributed by atoms with Crippen LogP contribution in [0.1, 0.15) is 65.2 Å². The molecule has 2 aromatic heterocycles. The minimum atomic E-state index is -0.103. The van der Waals surface area contributed by atoms with Gasteiger partial charge in [0.05, 0.1) is 11.3 Å². The van der Waals surface area contributed by atoms with Crippen molar-refractivity contribution in [2.75, 3.05) is 5.75 Å². The Kier molecular flexibility index (Phi) is 8.83. The first-order chi connectivity index (χ1) is 17.0. The first kappa shape index (κ1) is 25.7. The summed E-state index contributed by atoms with van der Waals surface area (Å²) >= 11 is 2.73. The number of amides is 2. The van der Waals surface area contributed by atoms with Crippen molar-refractivity contribution >= 4 is 55.2 Å². The van der Waals surface area contributed by atoms with Gasteiger partial charge in [-0.05, 0) is 38.7 Å². The summed E-state index contributed by atoms with van der Waals surface area (Å²) in [5.74, 6) is 0.155. The van der Waals surface area contributed by atoms with Crippen LogP contribution in [0.25, 0.3) is 20.3 Å². The van der Waals surface area contributed by atoms with E-state index in [2.05, 4.69) is 10.6 Å². The molecule has 3 aromatic rings. The number of thiophene rings is 1. The van der Waals surface area contributed by atoms with E-state index >= 15 is 0 Å². The second-order valence-electron chi connectivity index (χ2n) is 9.30. The number of carbonyl (C=O) groups excluding carboxylic acids is 2. The van der Waals surface area contributed by atoms with E-state index in [1.165, 1.54) is 42.4 Å². The molecule has 1 aromatic carbocycles. The summed E-state index contributed by atoms with van der Waals surface area (Å²) in [6.45, 7) is 4.39. The van der Waals surface area contributed by atoms with Crippen molar-refractivity contribution in [2.24, 2.45) is 0 Å². The molecular weight excluding hydrogens is 480 g/mol. The lowest BCUT2D eigenvalue weighted by atomic mass is 9.95. The molecule has 7 nitrogen and oxygen atoms in total. The average molecular weight is 515 g/mol. The van der Waals surface area contributed by atoms with Crippen LogP contribution in [0, 0.1) is 0 Å². The van der Waals surface area contributed by atoms with Crippen molar-refractivity contribution in [1.29, 1.82) is 0 Å². The Balaban J connectivity index is 1.52. The average Bonchev–Trinajstić information content (AvgIpc) is 3.23. The van der Waals surface area contributed by atoms with E-state index in [1.807, 2.05) is 38.1 Å². The predicted octanol–water partition coefficient (Wildman–Crippen LogP) is 4.85. The van der Waals surface area contributed by atoms with Crippen LogP contribution >= 0.6 is 23.1 Å². The third kappa shape index (κ3) is 6.44. The van der Waals surface area contributed by atoms with E-state index in [4.69, 9.17) is 4.98 Å². The van der Waals surface area contributed by atoms with Gasteiger partial charge < -0.3 is 10.6 Å². The van der Waals surface area contributed by atoms with E-state index in [0.29, 0.717) is 34.8 Å². The quantitative estimate of drug-likeness (QED) is 0.298. The maximum absolute atomic E-state index is 13.5. The third-order valence-corrected chi connectivity index (χ3v) is 8.68. The molecule has 2 heterocycles. The summed E-state index contributed by atoms with van der Waals surface area (Å²) in [7, 11) is 0. The van der Waals surface area contributed by atoms with Gasteiger partial charge in [-0.3, -0.25) is 19.0 Å². The molecule has 4 rings (SSSR count). The van der Waals surface area contributed by atoms with Gasteiger partial charge in [0.1, 0.15) is 4.70 Å². The number of hydrogen-bond donors (Lipinski definition) is 2. The molecule has 1 fully saturated rings. The zero-order valence-corrected chi connectivity index (χ0v) is 22.1. The van der Waals surface area contributed by atoms with Crippen LogP contribution in [0.15, 0.2) is 34.2 Å². The fourth-order valence-electron chi connectivity index (χ4n) is 4.45. The molecule has 2 amide bonds. The number of nitrogens with one attached hydrogen (secondary N) is 2. The Hall–Kier alpha value is -2.39. The summed E-state index contributed by atoms with van der Waals surface area (Å²) in [4.78, 5) is 43.2. The van der Waals surface area contributed by atoms with Gasteiger partial charge in [-0.2, -0.15) is 0 Å². The Morgan fingerprint density at radius 1 is 1.20 bits per heavy atom. The lowest BCUT2D eigenvalue weighted by Gasteiger charge is -2.22. The van der Waals surface area contributed by atoms with E-state index in [0.717, 1.165) is 29.3 Å². The molecule has 1 saturated carbocycles. The second kappa shape index (κ2) is 12.0. The van der Waals surface area contributed by atoms with Gasteiger partial charge in [-0.1, -0.05) is 56.1 Å². The summed E-state index contributed by atoms with van der Waals surface area (Å²) < 4.78 is 3.28. The maximum Gasteiger partial charge on any atom is 0.272 e. The molecular formula is C26H34N4O3S2. The first-order valence-electron chi connectivity index (χ1n) is 12.6. The summed E-state index contributed by atoms with van der Waals surface area (Å²) in [5.41, 5.74) is 0.584. The van der Waals surface area contributed by atoms with Gasteiger partial charge in [0.15, 0.2) is 5.16 Å². The van der Waals surface area contributed by atoms with Crippen LogP contribution in [-0.2, 0) is 16.1 Å². The summed E-state index contributed by atoms with van der Waals surface area (Å²) in [6.07, 6.45) is 7.47. The fraction of sp³-hybridized carbons (Fsp3) is 0.538. The van der Waals surface area contributed by atoms with Crippen molar-refractivity contribution in [3.8, 4) is 0 Å². The first-order valence-corrected chi connectivity index (χ1v) is 14.4. The molecule has 1 atom stereocenters. The van der Waals surface area contributed by atoms with Crippen molar-refractivity contribution in [3.63, 3.8) is 0 Å². The van der Waals surface area contributed by atoms with Gasteiger partial charge >= 0.3 is 0 Å². The molecule has 2 N–H and O–H groups in total. The zero-order valence-electron chi connectivity index (χ0n) is 20.5. The van der Waals surface area contributed by atoms with E-state index < -0.39 is 0 Å². The Bertz CT molecular complexity index is 1250. The van der Waals surface area contributed by atoms with Gasteiger partial charge in [0, 0.05) is 35.1 Å². The largest absolute Gasteiger partial charge is 0.353 e. The van der Waals surface area contributed by atoms with E-state index in [-0.39, 0.29) is 35.2 Å². The van der Waals surface area contributed by atoms with Crippen LogP contribution in [-0.4, -0.2) is 39.2 Å². The molecule has 0 unspecified atom stereocenters. The van der Waals surface area contributed by atoms with Gasteiger partial charge in [-0.15, -0.1) is 11.3 Å². The maximum atomic E-state index is 13.5. The Morgan fingerprint density at radius 3 is 2.74 bits per heavy atom.